The lowest BCUT2D eigenvalue weighted by Gasteiger charge is -2.23. The predicted octanol–water partition coefficient (Wildman–Crippen LogP) is 1.24. The zero-order valence-corrected chi connectivity index (χ0v) is 17.4. The molecular formula is C19H33N7O. The van der Waals surface area contributed by atoms with Crippen LogP contribution in [-0.4, -0.2) is 43.7 Å². The highest BCUT2D eigenvalue weighted by molar-refractivity contribution is 5.79. The van der Waals surface area contributed by atoms with Crippen LogP contribution in [0.4, 0.5) is 0 Å². The van der Waals surface area contributed by atoms with Gasteiger partial charge in [-0.1, -0.05) is 13.8 Å². The Kier molecular flexibility index (Phi) is 7.01. The zero-order valence-electron chi connectivity index (χ0n) is 17.4. The van der Waals surface area contributed by atoms with Crippen LogP contribution in [0.15, 0.2) is 17.4 Å². The quantitative estimate of drug-likeness (QED) is 0.477. The van der Waals surface area contributed by atoms with E-state index in [2.05, 4.69) is 34.7 Å². The van der Waals surface area contributed by atoms with E-state index < -0.39 is 5.60 Å². The third-order valence-electron chi connectivity index (χ3n) is 4.69. The Morgan fingerprint density at radius 1 is 1.22 bits per heavy atom. The zero-order chi connectivity index (χ0) is 20.0. The summed E-state index contributed by atoms with van der Waals surface area (Å²) in [7, 11) is 3.82. The van der Waals surface area contributed by atoms with Crippen molar-refractivity contribution in [1.29, 1.82) is 0 Å². The number of guanidine groups is 1. The van der Waals surface area contributed by atoms with E-state index in [1.165, 1.54) is 11.3 Å². The molecule has 2 rings (SSSR count). The van der Waals surface area contributed by atoms with Gasteiger partial charge in [0.15, 0.2) is 5.96 Å². The van der Waals surface area contributed by atoms with Gasteiger partial charge in [0.1, 0.15) is 5.60 Å². The standard InChI is InChI=1S/C19H33N7O/c1-7-16-15(17(8-2)26(6)24-16)11-21-18(20-9-3)22-13-19(4,27)14-10-23-25(5)12-14/h10,12,27H,7-9,11,13H2,1-6H3,(H2,20,21,22). The van der Waals surface area contributed by atoms with Gasteiger partial charge in [0, 0.05) is 43.7 Å². The smallest absolute Gasteiger partial charge is 0.191 e. The largest absolute Gasteiger partial charge is 0.383 e. The van der Waals surface area contributed by atoms with E-state index in [9.17, 15) is 5.11 Å². The second-order valence-electron chi connectivity index (χ2n) is 6.93. The molecule has 0 spiro atoms. The minimum absolute atomic E-state index is 0.332. The van der Waals surface area contributed by atoms with E-state index >= 15 is 0 Å². The van der Waals surface area contributed by atoms with E-state index in [1.54, 1.807) is 17.8 Å². The lowest BCUT2D eigenvalue weighted by atomic mass is 10.00. The Morgan fingerprint density at radius 3 is 2.52 bits per heavy atom. The molecule has 3 N–H and O–H groups in total. The van der Waals surface area contributed by atoms with E-state index in [1.807, 2.05) is 31.9 Å². The molecule has 0 bridgehead atoms. The molecule has 8 nitrogen and oxygen atoms in total. The number of aryl methyl sites for hydroxylation is 3. The first-order valence-electron chi connectivity index (χ1n) is 9.59. The summed E-state index contributed by atoms with van der Waals surface area (Å²) >= 11 is 0. The van der Waals surface area contributed by atoms with E-state index in [4.69, 9.17) is 4.99 Å². The maximum atomic E-state index is 10.8. The van der Waals surface area contributed by atoms with Gasteiger partial charge in [0.05, 0.1) is 25.0 Å². The summed E-state index contributed by atoms with van der Waals surface area (Å²) in [5, 5.41) is 26.0. The van der Waals surface area contributed by atoms with Gasteiger partial charge in [-0.15, -0.1) is 0 Å². The molecular weight excluding hydrogens is 342 g/mol. The SMILES string of the molecule is CCNC(=NCc1c(CC)nn(C)c1CC)NCC(C)(O)c1cnn(C)c1. The van der Waals surface area contributed by atoms with Crippen LogP contribution in [0.3, 0.4) is 0 Å². The fraction of sp³-hybridized carbons (Fsp3) is 0.632. The molecule has 2 aromatic heterocycles. The summed E-state index contributed by atoms with van der Waals surface area (Å²) in [5.74, 6) is 0.676. The number of aliphatic imine (C=N–C) groups is 1. The van der Waals surface area contributed by atoms with E-state index in [0.29, 0.717) is 19.0 Å². The minimum atomic E-state index is -1.04. The van der Waals surface area contributed by atoms with Gasteiger partial charge in [-0.3, -0.25) is 9.36 Å². The number of aromatic nitrogens is 4. The van der Waals surface area contributed by atoms with Gasteiger partial charge in [-0.05, 0) is 26.7 Å². The second-order valence-corrected chi connectivity index (χ2v) is 6.93. The first-order valence-corrected chi connectivity index (χ1v) is 9.59. The summed E-state index contributed by atoms with van der Waals surface area (Å²) in [5.41, 5.74) is 3.23. The number of hydrogen-bond donors (Lipinski definition) is 3. The first kappa shape index (κ1) is 21.0. The van der Waals surface area contributed by atoms with Crippen LogP contribution in [0, 0.1) is 0 Å². The molecule has 0 aromatic carbocycles. The van der Waals surface area contributed by atoms with Gasteiger partial charge in [0.2, 0.25) is 0 Å². The van der Waals surface area contributed by atoms with Crippen molar-refractivity contribution in [3.8, 4) is 0 Å². The molecule has 0 radical (unpaired) electrons. The Balaban J connectivity index is 2.13. The van der Waals surface area contributed by atoms with E-state index in [0.717, 1.165) is 30.6 Å². The number of nitrogens with one attached hydrogen (secondary N) is 2. The molecule has 0 amide bonds. The molecule has 0 saturated carbocycles. The van der Waals surface area contributed by atoms with Gasteiger partial charge in [-0.2, -0.15) is 10.2 Å². The Morgan fingerprint density at radius 2 is 1.96 bits per heavy atom. The molecule has 1 atom stereocenters. The second kappa shape index (κ2) is 9.03. The Bertz CT molecular complexity index is 773. The Labute approximate surface area is 161 Å². The predicted molar refractivity (Wildman–Crippen MR) is 108 cm³/mol. The molecule has 2 aromatic rings. The van der Waals surface area contributed by atoms with Crippen LogP contribution in [0.5, 0.6) is 0 Å². The van der Waals surface area contributed by atoms with Crippen molar-refractivity contribution in [1.82, 2.24) is 30.2 Å². The van der Waals surface area contributed by atoms with Gasteiger partial charge < -0.3 is 15.7 Å². The van der Waals surface area contributed by atoms with Crippen molar-refractivity contribution >= 4 is 5.96 Å². The fourth-order valence-corrected chi connectivity index (χ4v) is 3.13. The fourth-order valence-electron chi connectivity index (χ4n) is 3.13. The lowest BCUT2D eigenvalue weighted by molar-refractivity contribution is 0.0616. The van der Waals surface area contributed by atoms with Crippen LogP contribution in [0.1, 0.15) is 50.2 Å². The van der Waals surface area contributed by atoms with Crippen LogP contribution in [0.25, 0.3) is 0 Å². The first-order chi connectivity index (χ1) is 12.8. The van der Waals surface area contributed by atoms with Crippen LogP contribution >= 0.6 is 0 Å². The minimum Gasteiger partial charge on any atom is -0.383 e. The normalized spacial score (nSPS) is 14.3. The van der Waals surface area contributed by atoms with E-state index in [-0.39, 0.29) is 0 Å². The molecule has 0 aliphatic rings. The highest BCUT2D eigenvalue weighted by atomic mass is 16.3. The van der Waals surface area contributed by atoms with Gasteiger partial charge >= 0.3 is 0 Å². The highest BCUT2D eigenvalue weighted by Gasteiger charge is 2.25. The van der Waals surface area contributed by atoms with Crippen molar-refractivity contribution in [2.45, 2.75) is 52.7 Å². The summed E-state index contributed by atoms with van der Waals surface area (Å²) in [6, 6.07) is 0. The molecule has 150 valence electrons. The van der Waals surface area contributed by atoms with Gasteiger partial charge in [-0.25, -0.2) is 4.99 Å². The molecule has 0 fully saturated rings. The molecule has 1 unspecified atom stereocenters. The summed E-state index contributed by atoms with van der Waals surface area (Å²) in [6.07, 6.45) is 5.32. The third kappa shape index (κ3) is 5.09. The van der Waals surface area contributed by atoms with Crippen LogP contribution in [-0.2, 0) is 39.1 Å². The average molecular weight is 376 g/mol. The highest BCUT2D eigenvalue weighted by Crippen LogP contribution is 2.19. The summed E-state index contributed by atoms with van der Waals surface area (Å²) < 4.78 is 3.64. The van der Waals surface area contributed by atoms with Crippen LogP contribution in [0.2, 0.25) is 0 Å². The maximum absolute atomic E-state index is 10.8. The molecule has 0 saturated heterocycles. The van der Waals surface area contributed by atoms with Crippen molar-refractivity contribution < 1.29 is 5.11 Å². The molecule has 27 heavy (non-hydrogen) atoms. The number of nitrogens with zero attached hydrogens (tertiary/aromatic N) is 5. The van der Waals surface area contributed by atoms with Gasteiger partial charge in [0.25, 0.3) is 0 Å². The molecule has 8 heteroatoms. The Hall–Kier alpha value is -2.35. The number of hydrogen-bond acceptors (Lipinski definition) is 4. The van der Waals surface area contributed by atoms with Crippen molar-refractivity contribution in [3.63, 3.8) is 0 Å². The molecule has 0 aliphatic heterocycles. The topological polar surface area (TPSA) is 92.3 Å². The summed E-state index contributed by atoms with van der Waals surface area (Å²) in [4.78, 5) is 4.73. The molecule has 2 heterocycles. The third-order valence-corrected chi connectivity index (χ3v) is 4.69. The van der Waals surface area contributed by atoms with Crippen molar-refractivity contribution in [2.24, 2.45) is 19.1 Å². The maximum Gasteiger partial charge on any atom is 0.191 e. The monoisotopic (exact) mass is 375 g/mol. The summed E-state index contributed by atoms with van der Waals surface area (Å²) in [6.45, 7) is 9.68. The lowest BCUT2D eigenvalue weighted by Crippen LogP contribution is -2.44. The number of rotatable bonds is 8. The molecule has 0 aliphatic carbocycles. The number of aliphatic hydroxyl groups is 1. The average Bonchev–Trinajstić information content (AvgIpc) is 3.20. The van der Waals surface area contributed by atoms with Crippen molar-refractivity contribution in [2.75, 3.05) is 13.1 Å². The van der Waals surface area contributed by atoms with Crippen molar-refractivity contribution in [3.05, 3.63) is 34.9 Å². The van der Waals surface area contributed by atoms with Crippen LogP contribution < -0.4 is 10.6 Å².